The molecule has 34 heavy (non-hydrogen) atoms. The zero-order valence-electron chi connectivity index (χ0n) is 19.9. The van der Waals surface area contributed by atoms with Crippen molar-refractivity contribution in [2.45, 2.75) is 50.1 Å². The summed E-state index contributed by atoms with van der Waals surface area (Å²) in [5.41, 5.74) is 1.65. The van der Waals surface area contributed by atoms with Crippen LogP contribution in [0, 0.1) is 17.8 Å². The fourth-order valence-electron chi connectivity index (χ4n) is 6.22. The van der Waals surface area contributed by atoms with Gasteiger partial charge in [0.1, 0.15) is 0 Å². The van der Waals surface area contributed by atoms with Crippen molar-refractivity contribution < 1.29 is 13.2 Å². The van der Waals surface area contributed by atoms with Crippen LogP contribution in [0.4, 0.5) is 0 Å². The highest BCUT2D eigenvalue weighted by molar-refractivity contribution is 7.89. The molecule has 2 saturated carbocycles. The van der Waals surface area contributed by atoms with Crippen molar-refractivity contribution in [3.63, 3.8) is 0 Å². The Hall–Kier alpha value is -2.22. The number of benzene rings is 2. The van der Waals surface area contributed by atoms with Gasteiger partial charge in [-0.2, -0.15) is 4.31 Å². The fraction of sp³-hybridized carbons (Fsp3) is 0.519. The van der Waals surface area contributed by atoms with Crippen LogP contribution in [-0.4, -0.2) is 55.8 Å². The number of hydrogen-bond acceptors (Lipinski definition) is 4. The van der Waals surface area contributed by atoms with Crippen LogP contribution in [0.5, 0.6) is 0 Å². The Kier molecular flexibility index (Phi) is 6.78. The predicted octanol–water partition coefficient (Wildman–Crippen LogP) is 3.75. The first-order valence-corrected chi connectivity index (χ1v) is 14.0. The Morgan fingerprint density at radius 1 is 1.00 bits per heavy atom. The third kappa shape index (κ3) is 4.92. The molecular formula is C27H35N3O3S. The summed E-state index contributed by atoms with van der Waals surface area (Å²) in [5.74, 6) is 1.92. The van der Waals surface area contributed by atoms with Crippen LogP contribution in [0.2, 0.25) is 0 Å². The number of rotatable bonds is 7. The van der Waals surface area contributed by atoms with Gasteiger partial charge in [0.05, 0.1) is 4.90 Å². The van der Waals surface area contributed by atoms with Gasteiger partial charge in [-0.05, 0) is 67.7 Å². The van der Waals surface area contributed by atoms with Gasteiger partial charge in [0.15, 0.2) is 0 Å². The molecule has 7 heteroatoms. The van der Waals surface area contributed by atoms with E-state index in [0.717, 1.165) is 18.4 Å². The van der Waals surface area contributed by atoms with Crippen molar-refractivity contribution >= 4 is 15.9 Å². The molecule has 1 saturated heterocycles. The van der Waals surface area contributed by atoms with Gasteiger partial charge >= 0.3 is 0 Å². The van der Waals surface area contributed by atoms with Crippen molar-refractivity contribution in [1.82, 2.24) is 14.5 Å². The van der Waals surface area contributed by atoms with Gasteiger partial charge in [-0.3, -0.25) is 9.69 Å². The lowest BCUT2D eigenvalue weighted by Gasteiger charge is -2.34. The fourth-order valence-corrected chi connectivity index (χ4v) is 7.69. The summed E-state index contributed by atoms with van der Waals surface area (Å²) in [6, 6.07) is 16.9. The number of fused-ring (bicyclic) bond motifs is 2. The second kappa shape index (κ2) is 9.80. The van der Waals surface area contributed by atoms with E-state index in [0.29, 0.717) is 37.7 Å². The number of sulfonamides is 1. The van der Waals surface area contributed by atoms with Crippen molar-refractivity contribution in [1.29, 1.82) is 0 Å². The third-order valence-electron chi connectivity index (χ3n) is 8.11. The summed E-state index contributed by atoms with van der Waals surface area (Å²) < 4.78 is 28.2. The molecule has 6 nitrogen and oxygen atoms in total. The molecule has 0 spiro atoms. The normalized spacial score (nSPS) is 26.4. The number of carbonyl (C=O) groups excluding carboxylic acids is 1. The zero-order chi connectivity index (χ0) is 23.7. The van der Waals surface area contributed by atoms with E-state index in [1.54, 1.807) is 22.5 Å². The van der Waals surface area contributed by atoms with Gasteiger partial charge in [-0.15, -0.1) is 0 Å². The SMILES string of the molecule is C[C@@H](NC(=O)c1cccc(S(=O)(=O)N2CCN(Cc3ccccc3)CC2)c1)[C@@H]1C[C@H]2CC[C@H]1C2. The van der Waals surface area contributed by atoms with E-state index in [4.69, 9.17) is 0 Å². The van der Waals surface area contributed by atoms with Gasteiger partial charge in [0, 0.05) is 44.3 Å². The van der Waals surface area contributed by atoms with E-state index in [1.165, 1.54) is 37.3 Å². The van der Waals surface area contributed by atoms with Crippen molar-refractivity contribution in [2.24, 2.45) is 17.8 Å². The highest BCUT2D eigenvalue weighted by Gasteiger charge is 2.42. The van der Waals surface area contributed by atoms with Crippen LogP contribution < -0.4 is 5.32 Å². The molecule has 1 heterocycles. The smallest absolute Gasteiger partial charge is 0.251 e. The van der Waals surface area contributed by atoms with E-state index in [1.807, 2.05) is 18.2 Å². The van der Waals surface area contributed by atoms with Crippen LogP contribution >= 0.6 is 0 Å². The highest BCUT2D eigenvalue weighted by Crippen LogP contribution is 2.49. The van der Waals surface area contributed by atoms with Crippen LogP contribution in [0.25, 0.3) is 0 Å². The number of amides is 1. The Morgan fingerprint density at radius 2 is 1.76 bits per heavy atom. The molecule has 0 unspecified atom stereocenters. The molecule has 182 valence electrons. The molecule has 2 aromatic rings. The maximum atomic E-state index is 13.3. The van der Waals surface area contributed by atoms with Crippen molar-refractivity contribution in [3.8, 4) is 0 Å². The third-order valence-corrected chi connectivity index (χ3v) is 10.0. The minimum atomic E-state index is -3.64. The predicted molar refractivity (Wildman–Crippen MR) is 133 cm³/mol. The number of hydrogen-bond donors (Lipinski definition) is 1. The van der Waals surface area contributed by atoms with E-state index in [9.17, 15) is 13.2 Å². The first kappa shape index (κ1) is 23.5. The summed E-state index contributed by atoms with van der Waals surface area (Å²) in [6.45, 7) is 5.20. The zero-order valence-corrected chi connectivity index (χ0v) is 20.7. The second-order valence-corrected chi connectivity index (χ2v) is 12.2. The summed E-state index contributed by atoms with van der Waals surface area (Å²) in [5, 5.41) is 3.16. The molecule has 3 aliphatic rings. The lowest BCUT2D eigenvalue weighted by Crippen LogP contribution is -2.48. The highest BCUT2D eigenvalue weighted by atomic mass is 32.2. The standard InChI is InChI=1S/C27H35N3O3S/c1-20(26-17-22-10-11-23(26)16-22)28-27(31)24-8-5-9-25(18-24)34(32,33)30-14-12-29(13-15-30)19-21-6-3-2-4-7-21/h2-9,18,20,22-23,26H,10-17,19H2,1H3,(H,28,31)/t20-,22+,23+,26+/m1/s1. The van der Waals surface area contributed by atoms with E-state index in [-0.39, 0.29) is 16.8 Å². The molecule has 5 rings (SSSR count). The monoisotopic (exact) mass is 481 g/mol. The molecule has 0 radical (unpaired) electrons. The minimum Gasteiger partial charge on any atom is -0.349 e. The van der Waals surface area contributed by atoms with E-state index >= 15 is 0 Å². The molecular weight excluding hydrogens is 446 g/mol. The Balaban J connectivity index is 1.20. The van der Waals surface area contributed by atoms with Crippen LogP contribution in [0.1, 0.15) is 48.5 Å². The van der Waals surface area contributed by atoms with E-state index < -0.39 is 10.0 Å². The first-order valence-electron chi connectivity index (χ1n) is 12.6. The van der Waals surface area contributed by atoms with Crippen molar-refractivity contribution in [2.75, 3.05) is 26.2 Å². The summed E-state index contributed by atoms with van der Waals surface area (Å²) >= 11 is 0. The largest absolute Gasteiger partial charge is 0.349 e. The summed E-state index contributed by atoms with van der Waals surface area (Å²) in [7, 11) is -3.64. The Labute approximate surface area is 203 Å². The summed E-state index contributed by atoms with van der Waals surface area (Å²) in [6.07, 6.45) is 5.12. The Bertz CT molecular complexity index is 1110. The number of nitrogens with one attached hydrogen (secondary N) is 1. The molecule has 1 amide bonds. The lowest BCUT2D eigenvalue weighted by atomic mass is 9.84. The minimum absolute atomic E-state index is 0.112. The van der Waals surface area contributed by atoms with Gasteiger partial charge in [0.2, 0.25) is 10.0 Å². The quantitative estimate of drug-likeness (QED) is 0.654. The molecule has 1 N–H and O–H groups in total. The number of carbonyl (C=O) groups is 1. The number of nitrogens with zero attached hydrogens (tertiary/aromatic N) is 2. The maximum absolute atomic E-state index is 13.3. The molecule has 0 aromatic heterocycles. The molecule has 2 aromatic carbocycles. The van der Waals surface area contributed by atoms with Gasteiger partial charge < -0.3 is 5.32 Å². The van der Waals surface area contributed by atoms with Crippen LogP contribution in [0.15, 0.2) is 59.5 Å². The van der Waals surface area contributed by atoms with Crippen molar-refractivity contribution in [3.05, 3.63) is 65.7 Å². The van der Waals surface area contributed by atoms with Crippen LogP contribution in [0.3, 0.4) is 0 Å². The molecule has 4 atom stereocenters. The average Bonchev–Trinajstić information content (AvgIpc) is 3.49. The van der Waals surface area contributed by atoms with Gasteiger partial charge in [-0.1, -0.05) is 42.8 Å². The number of piperazine rings is 1. The molecule has 1 aliphatic heterocycles. The maximum Gasteiger partial charge on any atom is 0.251 e. The molecule has 3 fully saturated rings. The topological polar surface area (TPSA) is 69.7 Å². The van der Waals surface area contributed by atoms with Crippen LogP contribution in [-0.2, 0) is 16.6 Å². The Morgan fingerprint density at radius 3 is 2.44 bits per heavy atom. The van der Waals surface area contributed by atoms with E-state index in [2.05, 4.69) is 29.3 Å². The lowest BCUT2D eigenvalue weighted by molar-refractivity contribution is 0.0915. The summed E-state index contributed by atoms with van der Waals surface area (Å²) in [4.78, 5) is 15.4. The van der Waals surface area contributed by atoms with Gasteiger partial charge in [0.25, 0.3) is 5.91 Å². The van der Waals surface area contributed by atoms with Gasteiger partial charge in [-0.25, -0.2) is 8.42 Å². The first-order chi connectivity index (χ1) is 16.4. The second-order valence-electron chi connectivity index (χ2n) is 10.3. The molecule has 2 bridgehead atoms. The average molecular weight is 482 g/mol. The molecule has 2 aliphatic carbocycles.